The molecule has 1 saturated carbocycles. The van der Waals surface area contributed by atoms with Crippen molar-refractivity contribution in [3.63, 3.8) is 0 Å². The summed E-state index contributed by atoms with van der Waals surface area (Å²) < 4.78 is 1.85. The molecule has 18 heavy (non-hydrogen) atoms. The lowest BCUT2D eigenvalue weighted by Gasteiger charge is -2.14. The van der Waals surface area contributed by atoms with Gasteiger partial charge in [-0.25, -0.2) is 4.98 Å². The molecule has 1 atom stereocenters. The summed E-state index contributed by atoms with van der Waals surface area (Å²) in [5.41, 5.74) is 2.35. The molecule has 4 nitrogen and oxygen atoms in total. The highest BCUT2D eigenvalue weighted by molar-refractivity contribution is 7.11. The Bertz CT molecular complexity index is 534. The van der Waals surface area contributed by atoms with Gasteiger partial charge in [0.2, 0.25) is 0 Å². The Morgan fingerprint density at radius 3 is 2.72 bits per heavy atom. The van der Waals surface area contributed by atoms with Gasteiger partial charge in [-0.3, -0.25) is 4.68 Å². The molecule has 96 valence electrons. The smallest absolute Gasteiger partial charge is 0.115 e. The average molecular weight is 262 g/mol. The normalized spacial score (nSPS) is 17.1. The van der Waals surface area contributed by atoms with Gasteiger partial charge in [-0.1, -0.05) is 0 Å². The number of aryl methyl sites for hydroxylation is 3. The van der Waals surface area contributed by atoms with Gasteiger partial charge in [-0.15, -0.1) is 11.3 Å². The summed E-state index contributed by atoms with van der Waals surface area (Å²) in [7, 11) is 1.95. The lowest BCUT2D eigenvalue weighted by atomic mass is 10.1. The highest BCUT2D eigenvalue weighted by Gasteiger charge is 2.28. The Hall–Kier alpha value is -1.20. The molecule has 0 bridgehead atoms. The summed E-state index contributed by atoms with van der Waals surface area (Å²) in [6.45, 7) is 4.21. The van der Waals surface area contributed by atoms with E-state index in [4.69, 9.17) is 4.98 Å². The molecule has 3 rings (SSSR count). The zero-order valence-corrected chi connectivity index (χ0v) is 11.8. The van der Waals surface area contributed by atoms with Gasteiger partial charge >= 0.3 is 0 Å². The van der Waals surface area contributed by atoms with E-state index in [0.717, 1.165) is 10.7 Å². The fraction of sp³-hybridized carbons (Fsp3) is 0.538. The van der Waals surface area contributed by atoms with Crippen molar-refractivity contribution in [2.24, 2.45) is 7.05 Å². The number of hydrogen-bond donors (Lipinski definition) is 1. The Labute approximate surface area is 111 Å². The van der Waals surface area contributed by atoms with E-state index in [1.807, 2.05) is 17.9 Å². The molecule has 1 aliphatic carbocycles. The number of nitrogens with zero attached hydrogens (tertiary/aromatic N) is 3. The van der Waals surface area contributed by atoms with Crippen molar-refractivity contribution in [2.45, 2.75) is 38.8 Å². The van der Waals surface area contributed by atoms with E-state index in [2.05, 4.69) is 30.5 Å². The summed E-state index contributed by atoms with van der Waals surface area (Å²) >= 11 is 1.79. The van der Waals surface area contributed by atoms with Gasteiger partial charge in [0, 0.05) is 29.7 Å². The summed E-state index contributed by atoms with van der Waals surface area (Å²) in [4.78, 5) is 6.00. The SMILES string of the molecule is Cc1nc(C(NC2CC2)c2cnn(C)c2)sc1C. The van der Waals surface area contributed by atoms with E-state index in [1.54, 1.807) is 11.3 Å². The standard InChI is InChI=1S/C13H18N4S/c1-8-9(2)18-13(15-8)12(16-11-4-5-11)10-6-14-17(3)7-10/h6-7,11-12,16H,4-5H2,1-3H3. The third-order valence-corrected chi connectivity index (χ3v) is 4.47. The number of hydrogen-bond acceptors (Lipinski definition) is 4. The Morgan fingerprint density at radius 1 is 1.44 bits per heavy atom. The number of thiazole rings is 1. The van der Waals surface area contributed by atoms with Crippen LogP contribution in [0.4, 0.5) is 0 Å². The second-order valence-corrected chi connectivity index (χ2v) is 6.25. The van der Waals surface area contributed by atoms with Gasteiger partial charge in [0.1, 0.15) is 5.01 Å². The quantitative estimate of drug-likeness (QED) is 0.919. The molecule has 0 radical (unpaired) electrons. The first-order chi connectivity index (χ1) is 8.63. The van der Waals surface area contributed by atoms with E-state index >= 15 is 0 Å². The van der Waals surface area contributed by atoms with Crippen molar-refractivity contribution in [3.05, 3.63) is 33.5 Å². The van der Waals surface area contributed by atoms with Crippen molar-refractivity contribution in [3.8, 4) is 0 Å². The fourth-order valence-electron chi connectivity index (χ4n) is 2.01. The first-order valence-electron chi connectivity index (χ1n) is 6.32. The molecule has 2 heterocycles. The lowest BCUT2D eigenvalue weighted by Crippen LogP contribution is -2.24. The number of nitrogens with one attached hydrogen (secondary N) is 1. The van der Waals surface area contributed by atoms with Crippen LogP contribution in [0.15, 0.2) is 12.4 Å². The highest BCUT2D eigenvalue weighted by atomic mass is 32.1. The van der Waals surface area contributed by atoms with Gasteiger partial charge < -0.3 is 5.32 Å². The van der Waals surface area contributed by atoms with Gasteiger partial charge in [-0.05, 0) is 26.7 Å². The molecule has 1 N–H and O–H groups in total. The average Bonchev–Trinajstić information content (AvgIpc) is 2.96. The summed E-state index contributed by atoms with van der Waals surface area (Å²) in [6.07, 6.45) is 6.57. The van der Waals surface area contributed by atoms with Gasteiger partial charge in [-0.2, -0.15) is 5.10 Å². The van der Waals surface area contributed by atoms with Crippen molar-refractivity contribution in [2.75, 3.05) is 0 Å². The molecule has 0 aliphatic heterocycles. The predicted octanol–water partition coefficient (Wildman–Crippen LogP) is 2.33. The van der Waals surface area contributed by atoms with Crippen molar-refractivity contribution < 1.29 is 0 Å². The van der Waals surface area contributed by atoms with Crippen LogP contribution in [-0.2, 0) is 7.05 Å². The van der Waals surface area contributed by atoms with Crippen molar-refractivity contribution in [1.82, 2.24) is 20.1 Å². The van der Waals surface area contributed by atoms with E-state index in [0.29, 0.717) is 6.04 Å². The fourth-order valence-corrected chi connectivity index (χ4v) is 3.02. The van der Waals surface area contributed by atoms with E-state index in [1.165, 1.54) is 23.3 Å². The summed E-state index contributed by atoms with van der Waals surface area (Å²) in [5, 5.41) is 9.10. The zero-order valence-electron chi connectivity index (χ0n) is 11.0. The zero-order chi connectivity index (χ0) is 12.7. The van der Waals surface area contributed by atoms with Crippen LogP contribution in [0.2, 0.25) is 0 Å². The molecule has 0 amide bonds. The Morgan fingerprint density at radius 2 is 2.22 bits per heavy atom. The van der Waals surface area contributed by atoms with Crippen LogP contribution in [-0.4, -0.2) is 20.8 Å². The minimum atomic E-state index is 0.198. The molecule has 1 aliphatic rings. The number of aromatic nitrogens is 3. The molecule has 0 spiro atoms. The molecular formula is C13H18N4S. The maximum atomic E-state index is 4.70. The van der Waals surface area contributed by atoms with Crippen LogP contribution < -0.4 is 5.32 Å². The summed E-state index contributed by atoms with van der Waals surface area (Å²) in [5.74, 6) is 0. The van der Waals surface area contributed by atoms with Crippen LogP contribution in [0.1, 0.15) is 40.0 Å². The monoisotopic (exact) mass is 262 g/mol. The molecule has 1 unspecified atom stereocenters. The first kappa shape index (κ1) is 11.9. The van der Waals surface area contributed by atoms with E-state index in [9.17, 15) is 0 Å². The van der Waals surface area contributed by atoms with Gasteiger partial charge in [0.15, 0.2) is 0 Å². The van der Waals surface area contributed by atoms with Crippen LogP contribution in [0.3, 0.4) is 0 Å². The predicted molar refractivity (Wildman–Crippen MR) is 72.8 cm³/mol. The van der Waals surface area contributed by atoms with Crippen LogP contribution in [0, 0.1) is 13.8 Å². The third kappa shape index (κ3) is 2.33. The topological polar surface area (TPSA) is 42.7 Å². The Kier molecular flexibility index (Phi) is 2.95. The molecular weight excluding hydrogens is 244 g/mol. The molecule has 2 aromatic heterocycles. The third-order valence-electron chi connectivity index (χ3n) is 3.33. The Balaban J connectivity index is 1.93. The minimum absolute atomic E-state index is 0.198. The lowest BCUT2D eigenvalue weighted by molar-refractivity contribution is 0.596. The molecule has 0 aromatic carbocycles. The molecule has 5 heteroatoms. The molecule has 2 aromatic rings. The van der Waals surface area contributed by atoms with Gasteiger partial charge in [0.05, 0.1) is 17.9 Å². The maximum absolute atomic E-state index is 4.70. The van der Waals surface area contributed by atoms with E-state index < -0.39 is 0 Å². The van der Waals surface area contributed by atoms with Crippen LogP contribution in [0.5, 0.6) is 0 Å². The van der Waals surface area contributed by atoms with Gasteiger partial charge in [0.25, 0.3) is 0 Å². The first-order valence-corrected chi connectivity index (χ1v) is 7.13. The molecule has 1 fully saturated rings. The number of rotatable bonds is 4. The second kappa shape index (κ2) is 4.48. The largest absolute Gasteiger partial charge is 0.301 e. The maximum Gasteiger partial charge on any atom is 0.115 e. The minimum Gasteiger partial charge on any atom is -0.301 e. The highest BCUT2D eigenvalue weighted by Crippen LogP contribution is 2.31. The van der Waals surface area contributed by atoms with Crippen LogP contribution >= 0.6 is 11.3 Å². The van der Waals surface area contributed by atoms with Crippen LogP contribution in [0.25, 0.3) is 0 Å². The van der Waals surface area contributed by atoms with Crippen molar-refractivity contribution in [1.29, 1.82) is 0 Å². The molecule has 0 saturated heterocycles. The van der Waals surface area contributed by atoms with E-state index in [-0.39, 0.29) is 6.04 Å². The summed E-state index contributed by atoms with van der Waals surface area (Å²) in [6, 6.07) is 0.850. The van der Waals surface area contributed by atoms with Crippen molar-refractivity contribution >= 4 is 11.3 Å². The second-order valence-electron chi connectivity index (χ2n) is 5.01.